The lowest BCUT2D eigenvalue weighted by molar-refractivity contribution is 0.0962. The van der Waals surface area contributed by atoms with Crippen LogP contribution in [0.2, 0.25) is 0 Å². The number of nitrogens with one attached hydrogen (secondary N) is 2. The van der Waals surface area contributed by atoms with Crippen molar-refractivity contribution in [1.29, 1.82) is 0 Å². The highest BCUT2D eigenvalue weighted by Crippen LogP contribution is 2.37. The summed E-state index contributed by atoms with van der Waals surface area (Å²) < 4.78 is 30.3. The van der Waals surface area contributed by atoms with E-state index >= 15 is 0 Å². The number of anilines is 1. The molecule has 1 aliphatic rings. The lowest BCUT2D eigenvalue weighted by atomic mass is 10.0. The Kier molecular flexibility index (Phi) is 6.86. The van der Waals surface area contributed by atoms with E-state index in [1.807, 2.05) is 0 Å². The van der Waals surface area contributed by atoms with Crippen LogP contribution in [-0.2, 0) is 27.7 Å². The molecule has 1 aromatic carbocycles. The molecule has 0 spiro atoms. The summed E-state index contributed by atoms with van der Waals surface area (Å²) in [4.78, 5) is 39.6. The van der Waals surface area contributed by atoms with Crippen LogP contribution in [0.15, 0.2) is 29.2 Å². The number of benzene rings is 1. The Morgan fingerprint density at radius 1 is 1.12 bits per heavy atom. The molecule has 0 aliphatic carbocycles. The molecule has 0 bridgehead atoms. The Morgan fingerprint density at radius 3 is 2.34 bits per heavy atom. The molecule has 32 heavy (non-hydrogen) atoms. The Morgan fingerprint density at radius 2 is 1.78 bits per heavy atom. The van der Waals surface area contributed by atoms with Gasteiger partial charge in [0, 0.05) is 38.1 Å². The van der Waals surface area contributed by atoms with Gasteiger partial charge in [0.1, 0.15) is 5.00 Å². The van der Waals surface area contributed by atoms with Gasteiger partial charge in [0.05, 0.1) is 24.1 Å². The normalized spacial score (nSPS) is 13.5. The molecule has 0 atom stereocenters. The monoisotopic (exact) mass is 480 g/mol. The lowest BCUT2D eigenvalue weighted by Crippen LogP contribution is -2.35. The fraction of sp³-hybridized carbons (Fsp3) is 0.350. The van der Waals surface area contributed by atoms with Crippen LogP contribution in [0, 0.1) is 0 Å². The molecular weight excluding hydrogens is 456 g/mol. The van der Waals surface area contributed by atoms with Crippen molar-refractivity contribution in [2.75, 3.05) is 40.1 Å². The van der Waals surface area contributed by atoms with Crippen LogP contribution in [0.25, 0.3) is 0 Å². The Balaban J connectivity index is 1.88. The zero-order chi connectivity index (χ0) is 23.6. The summed E-state index contributed by atoms with van der Waals surface area (Å²) in [5, 5.41) is 5.72. The summed E-state index contributed by atoms with van der Waals surface area (Å²) >= 11 is 1.23. The first-order valence-corrected chi connectivity index (χ1v) is 11.9. The molecule has 3 rings (SSSR count). The molecule has 10 nitrogen and oxygen atoms in total. The van der Waals surface area contributed by atoms with E-state index in [2.05, 4.69) is 10.6 Å². The van der Waals surface area contributed by atoms with Crippen LogP contribution >= 0.6 is 11.3 Å². The van der Waals surface area contributed by atoms with E-state index in [0.717, 1.165) is 14.7 Å². The first-order chi connectivity index (χ1) is 15.1. The molecular formula is C20H24N4O6S2. The number of rotatable bonds is 5. The summed E-state index contributed by atoms with van der Waals surface area (Å²) in [5.41, 5.74) is 1.41. The topological polar surface area (TPSA) is 125 Å². The molecule has 1 aliphatic heterocycles. The van der Waals surface area contributed by atoms with Gasteiger partial charge in [0.15, 0.2) is 0 Å². The molecule has 0 saturated heterocycles. The molecule has 172 valence electrons. The lowest BCUT2D eigenvalue weighted by Gasteiger charge is -2.25. The number of methoxy groups -OCH3 is 1. The van der Waals surface area contributed by atoms with Crippen molar-refractivity contribution in [3.8, 4) is 0 Å². The number of sulfonamides is 1. The second-order valence-electron chi connectivity index (χ2n) is 7.19. The zero-order valence-corrected chi connectivity index (χ0v) is 19.7. The summed E-state index contributed by atoms with van der Waals surface area (Å²) in [6.45, 7) is 0.680. The molecule has 3 amide bonds. The van der Waals surface area contributed by atoms with Gasteiger partial charge < -0.3 is 20.3 Å². The standard InChI is InChI=1S/C20H24N4O6S2/c1-21-18(26)16-14-9-10-24(20(27)30-4)11-15(14)31-19(16)22-17(25)12-5-7-13(8-6-12)32(28,29)23(2)3/h5-8H,9-11H2,1-4H3,(H,21,26)(H,22,25). The third kappa shape index (κ3) is 4.47. The minimum Gasteiger partial charge on any atom is -0.453 e. The number of hydrogen-bond acceptors (Lipinski definition) is 7. The van der Waals surface area contributed by atoms with E-state index in [1.54, 1.807) is 0 Å². The Hall–Kier alpha value is -2.96. The largest absolute Gasteiger partial charge is 0.453 e. The number of thiophene rings is 1. The van der Waals surface area contributed by atoms with Gasteiger partial charge in [-0.25, -0.2) is 17.5 Å². The molecule has 1 aromatic heterocycles. The second kappa shape index (κ2) is 9.27. The van der Waals surface area contributed by atoms with Crippen molar-refractivity contribution in [2.45, 2.75) is 17.9 Å². The maximum Gasteiger partial charge on any atom is 0.409 e. The SMILES string of the molecule is CNC(=O)c1c(NC(=O)c2ccc(S(=O)(=O)N(C)C)cc2)sc2c1CCN(C(=O)OC)C2. The number of fused-ring (bicyclic) bond motifs is 1. The first-order valence-electron chi connectivity index (χ1n) is 9.63. The smallest absolute Gasteiger partial charge is 0.409 e. The number of amides is 3. The van der Waals surface area contributed by atoms with Crippen molar-refractivity contribution < 1.29 is 27.5 Å². The van der Waals surface area contributed by atoms with Crippen LogP contribution in [-0.4, -0.2) is 70.3 Å². The van der Waals surface area contributed by atoms with Crippen LogP contribution in [0.4, 0.5) is 9.80 Å². The number of ether oxygens (including phenoxy) is 1. The summed E-state index contributed by atoms with van der Waals surface area (Å²) in [5.74, 6) is -0.816. The molecule has 2 N–H and O–H groups in total. The molecule has 2 heterocycles. The van der Waals surface area contributed by atoms with Gasteiger partial charge in [-0.05, 0) is 36.2 Å². The summed E-state index contributed by atoms with van der Waals surface area (Å²) in [6.07, 6.45) is 0.000282. The zero-order valence-electron chi connectivity index (χ0n) is 18.1. The van der Waals surface area contributed by atoms with Crippen molar-refractivity contribution in [3.05, 3.63) is 45.8 Å². The van der Waals surface area contributed by atoms with Crippen molar-refractivity contribution in [1.82, 2.24) is 14.5 Å². The molecule has 2 aromatic rings. The van der Waals surface area contributed by atoms with E-state index in [9.17, 15) is 22.8 Å². The maximum absolute atomic E-state index is 12.8. The maximum atomic E-state index is 12.8. The van der Waals surface area contributed by atoms with Crippen LogP contribution in [0.1, 0.15) is 31.2 Å². The number of hydrogen-bond donors (Lipinski definition) is 2. The van der Waals surface area contributed by atoms with E-state index in [4.69, 9.17) is 4.74 Å². The molecule has 0 unspecified atom stereocenters. The van der Waals surface area contributed by atoms with Gasteiger partial charge in [0.25, 0.3) is 11.8 Å². The van der Waals surface area contributed by atoms with Crippen LogP contribution in [0.5, 0.6) is 0 Å². The fourth-order valence-corrected chi connectivity index (χ4v) is 5.46. The van der Waals surface area contributed by atoms with Gasteiger partial charge in [0.2, 0.25) is 10.0 Å². The van der Waals surface area contributed by atoms with Crippen LogP contribution in [0.3, 0.4) is 0 Å². The van der Waals surface area contributed by atoms with Crippen molar-refractivity contribution in [3.63, 3.8) is 0 Å². The van der Waals surface area contributed by atoms with E-state index < -0.39 is 22.0 Å². The Bertz CT molecular complexity index is 1160. The fourth-order valence-electron chi connectivity index (χ4n) is 3.31. The highest BCUT2D eigenvalue weighted by molar-refractivity contribution is 7.89. The average molecular weight is 481 g/mol. The van der Waals surface area contributed by atoms with Crippen LogP contribution < -0.4 is 10.6 Å². The predicted octanol–water partition coefficient (Wildman–Crippen LogP) is 1.73. The minimum absolute atomic E-state index is 0.0691. The summed E-state index contributed by atoms with van der Waals surface area (Å²) in [7, 11) is 2.06. The third-order valence-electron chi connectivity index (χ3n) is 5.07. The highest BCUT2D eigenvalue weighted by atomic mass is 32.2. The Labute approximate surface area is 190 Å². The molecule has 0 saturated carbocycles. The van der Waals surface area contributed by atoms with Gasteiger partial charge >= 0.3 is 6.09 Å². The van der Waals surface area contributed by atoms with Crippen molar-refractivity contribution >= 4 is 44.3 Å². The molecule has 0 fully saturated rings. The van der Waals surface area contributed by atoms with Gasteiger partial charge in [-0.15, -0.1) is 11.3 Å². The molecule has 0 radical (unpaired) electrons. The van der Waals surface area contributed by atoms with Gasteiger partial charge in [-0.2, -0.15) is 0 Å². The van der Waals surface area contributed by atoms with Gasteiger partial charge in [-0.3, -0.25) is 9.59 Å². The average Bonchev–Trinajstić information content (AvgIpc) is 3.14. The quantitative estimate of drug-likeness (QED) is 0.672. The second-order valence-corrected chi connectivity index (χ2v) is 10.5. The molecule has 12 heteroatoms. The van der Waals surface area contributed by atoms with E-state index in [0.29, 0.717) is 23.5 Å². The number of carbonyl (C=O) groups excluding carboxylic acids is 3. The van der Waals surface area contributed by atoms with Gasteiger partial charge in [-0.1, -0.05) is 0 Å². The third-order valence-corrected chi connectivity index (χ3v) is 8.03. The minimum atomic E-state index is -3.61. The first kappa shape index (κ1) is 23.7. The van der Waals surface area contributed by atoms with Crippen molar-refractivity contribution in [2.24, 2.45) is 0 Å². The summed E-state index contributed by atoms with van der Waals surface area (Å²) in [6, 6.07) is 5.55. The number of carbonyl (C=O) groups is 3. The van der Waals surface area contributed by atoms with E-state index in [1.165, 1.54) is 68.8 Å². The highest BCUT2D eigenvalue weighted by Gasteiger charge is 2.30. The predicted molar refractivity (Wildman–Crippen MR) is 119 cm³/mol. The van der Waals surface area contributed by atoms with E-state index in [-0.39, 0.29) is 22.9 Å². The number of nitrogens with zero attached hydrogens (tertiary/aromatic N) is 2.